The molecule has 0 aliphatic heterocycles. The Balaban J connectivity index is 2.51. The normalized spacial score (nSPS) is 14.1. The molecule has 3 N–H and O–H groups in total. The van der Waals surface area contributed by atoms with Gasteiger partial charge in [-0.1, -0.05) is 0 Å². The lowest BCUT2D eigenvalue weighted by atomic mass is 10.0. The van der Waals surface area contributed by atoms with Crippen molar-refractivity contribution >= 4 is 5.97 Å². The number of hydrogen-bond acceptors (Lipinski definition) is 5. The Labute approximate surface area is 112 Å². The molecule has 1 unspecified atom stereocenters. The fraction of sp³-hybridized carbons (Fsp3) is 0.538. The Morgan fingerprint density at radius 1 is 1.58 bits per heavy atom. The summed E-state index contributed by atoms with van der Waals surface area (Å²) < 4.78 is 4.92. The van der Waals surface area contributed by atoms with E-state index in [1.54, 1.807) is 26.3 Å². The fourth-order valence-corrected chi connectivity index (χ4v) is 1.63. The number of carboxylic acids is 1. The van der Waals surface area contributed by atoms with Crippen LogP contribution in [0.5, 0.6) is 0 Å². The molecule has 0 bridgehead atoms. The van der Waals surface area contributed by atoms with Crippen LogP contribution in [-0.4, -0.2) is 47.0 Å². The summed E-state index contributed by atoms with van der Waals surface area (Å²) in [7, 11) is 1.58. The van der Waals surface area contributed by atoms with Gasteiger partial charge in [0.15, 0.2) is 0 Å². The number of carbonyl (C=O) groups is 1. The molecule has 6 nitrogen and oxygen atoms in total. The van der Waals surface area contributed by atoms with Crippen LogP contribution in [0.4, 0.5) is 0 Å². The van der Waals surface area contributed by atoms with Gasteiger partial charge in [-0.2, -0.15) is 0 Å². The van der Waals surface area contributed by atoms with Gasteiger partial charge in [-0.25, -0.2) is 4.79 Å². The van der Waals surface area contributed by atoms with E-state index in [-0.39, 0.29) is 5.56 Å². The third-order valence-electron chi connectivity index (χ3n) is 2.76. The molecular weight excluding hydrogens is 248 g/mol. The minimum Gasteiger partial charge on any atom is -0.478 e. The molecule has 0 spiro atoms. The van der Waals surface area contributed by atoms with Gasteiger partial charge in [0.05, 0.1) is 16.9 Å². The number of methoxy groups -OCH3 is 1. The molecule has 1 rings (SSSR count). The molecule has 1 heterocycles. The number of hydrogen-bond donors (Lipinski definition) is 3. The zero-order chi connectivity index (χ0) is 14.3. The van der Waals surface area contributed by atoms with E-state index in [0.717, 1.165) is 0 Å². The predicted octanol–water partition coefficient (Wildman–Crippen LogP) is 0.657. The van der Waals surface area contributed by atoms with Crippen molar-refractivity contribution in [2.75, 3.05) is 20.3 Å². The van der Waals surface area contributed by atoms with Gasteiger partial charge in [0.25, 0.3) is 0 Å². The Bertz CT molecular complexity index is 421. The topological polar surface area (TPSA) is 91.7 Å². The van der Waals surface area contributed by atoms with Crippen LogP contribution in [0.3, 0.4) is 0 Å². The summed E-state index contributed by atoms with van der Waals surface area (Å²) in [4.78, 5) is 15.0. The quantitative estimate of drug-likeness (QED) is 0.641. The number of carboxylic acid groups (broad SMARTS) is 1. The van der Waals surface area contributed by atoms with Gasteiger partial charge < -0.3 is 20.3 Å². The molecule has 1 aromatic rings. The zero-order valence-corrected chi connectivity index (χ0v) is 11.2. The molecule has 6 heteroatoms. The molecule has 1 aromatic heterocycles. The number of ether oxygens (including phenoxy) is 1. The summed E-state index contributed by atoms with van der Waals surface area (Å²) in [6, 6.07) is 3.09. The van der Waals surface area contributed by atoms with E-state index in [1.807, 2.05) is 0 Å². The van der Waals surface area contributed by atoms with E-state index in [2.05, 4.69) is 10.3 Å². The van der Waals surface area contributed by atoms with Crippen molar-refractivity contribution in [3.05, 3.63) is 29.6 Å². The van der Waals surface area contributed by atoms with Crippen LogP contribution in [0.15, 0.2) is 18.3 Å². The van der Waals surface area contributed by atoms with Crippen LogP contribution in [0.2, 0.25) is 0 Å². The smallest absolute Gasteiger partial charge is 0.337 e. The zero-order valence-electron chi connectivity index (χ0n) is 11.2. The van der Waals surface area contributed by atoms with Crippen LogP contribution in [0.25, 0.3) is 0 Å². The van der Waals surface area contributed by atoms with Gasteiger partial charge in [-0.3, -0.25) is 4.98 Å². The molecule has 0 amide bonds. The van der Waals surface area contributed by atoms with Crippen molar-refractivity contribution < 1.29 is 19.7 Å². The Hall–Kier alpha value is -1.50. The van der Waals surface area contributed by atoms with E-state index >= 15 is 0 Å². The van der Waals surface area contributed by atoms with Crippen LogP contribution < -0.4 is 5.32 Å². The highest BCUT2D eigenvalue weighted by Gasteiger charge is 2.20. The average Bonchev–Trinajstić information content (AvgIpc) is 2.36. The predicted molar refractivity (Wildman–Crippen MR) is 70.0 cm³/mol. The van der Waals surface area contributed by atoms with Crippen molar-refractivity contribution in [3.8, 4) is 0 Å². The first-order valence-corrected chi connectivity index (χ1v) is 6.05. The number of nitrogens with one attached hydrogen (secondary N) is 1. The summed E-state index contributed by atoms with van der Waals surface area (Å²) in [5.74, 6) is -1.00. The van der Waals surface area contributed by atoms with Gasteiger partial charge in [0, 0.05) is 39.4 Å². The first kappa shape index (κ1) is 15.6. The third kappa shape index (κ3) is 5.34. The maximum absolute atomic E-state index is 11.0. The van der Waals surface area contributed by atoms with Crippen molar-refractivity contribution in [2.24, 2.45) is 0 Å². The van der Waals surface area contributed by atoms with Crippen molar-refractivity contribution in [3.63, 3.8) is 0 Å². The molecule has 0 saturated heterocycles. The van der Waals surface area contributed by atoms with Crippen molar-refractivity contribution in [1.82, 2.24) is 10.3 Å². The van der Waals surface area contributed by atoms with Crippen LogP contribution in [0, 0.1) is 0 Å². The van der Waals surface area contributed by atoms with E-state index in [9.17, 15) is 9.90 Å². The van der Waals surface area contributed by atoms with Gasteiger partial charge >= 0.3 is 5.97 Å². The summed E-state index contributed by atoms with van der Waals surface area (Å²) in [5, 5.41) is 22.0. The lowest BCUT2D eigenvalue weighted by Gasteiger charge is -2.23. The van der Waals surface area contributed by atoms with Crippen LogP contribution >= 0.6 is 0 Å². The number of aliphatic hydroxyl groups is 1. The van der Waals surface area contributed by atoms with Crippen LogP contribution in [-0.2, 0) is 11.3 Å². The molecule has 0 saturated carbocycles. The summed E-state index contributed by atoms with van der Waals surface area (Å²) in [6.45, 7) is 2.81. The second kappa shape index (κ2) is 7.18. The molecule has 0 aliphatic rings. The Morgan fingerprint density at radius 3 is 2.95 bits per heavy atom. The molecule has 1 atom stereocenters. The molecule has 0 fully saturated rings. The summed E-state index contributed by atoms with van der Waals surface area (Å²) in [6.07, 6.45) is 2.05. The third-order valence-corrected chi connectivity index (χ3v) is 2.76. The summed E-state index contributed by atoms with van der Waals surface area (Å²) >= 11 is 0. The maximum atomic E-state index is 11.0. The molecular formula is C13H20N2O4. The maximum Gasteiger partial charge on any atom is 0.337 e. The minimum absolute atomic E-state index is 0.173. The minimum atomic E-state index is -1.00. The standard InChI is InChI=1S/C13H20N2O4/c1-13(18,5-7-19-2)9-14-8-11-10(12(16)17)4-3-6-15-11/h3-4,6,14,18H,5,7-9H2,1-2H3,(H,16,17). The van der Waals surface area contributed by atoms with Gasteiger partial charge in [-0.15, -0.1) is 0 Å². The Kier molecular flexibility index (Phi) is 5.88. The van der Waals surface area contributed by atoms with Gasteiger partial charge in [0.2, 0.25) is 0 Å². The highest BCUT2D eigenvalue weighted by molar-refractivity contribution is 5.88. The highest BCUT2D eigenvalue weighted by atomic mass is 16.5. The number of aromatic carboxylic acids is 1. The lowest BCUT2D eigenvalue weighted by molar-refractivity contribution is 0.0247. The van der Waals surface area contributed by atoms with E-state index < -0.39 is 11.6 Å². The van der Waals surface area contributed by atoms with Gasteiger partial charge in [-0.05, 0) is 19.1 Å². The Morgan fingerprint density at radius 2 is 2.32 bits per heavy atom. The molecule has 0 radical (unpaired) electrons. The second-order valence-corrected chi connectivity index (χ2v) is 4.65. The van der Waals surface area contributed by atoms with Gasteiger partial charge in [0.1, 0.15) is 0 Å². The molecule has 0 aromatic carbocycles. The highest BCUT2D eigenvalue weighted by Crippen LogP contribution is 2.09. The first-order valence-electron chi connectivity index (χ1n) is 6.05. The number of rotatable bonds is 8. The molecule has 19 heavy (non-hydrogen) atoms. The lowest BCUT2D eigenvalue weighted by Crippen LogP contribution is -2.38. The largest absolute Gasteiger partial charge is 0.478 e. The average molecular weight is 268 g/mol. The molecule has 0 aliphatic carbocycles. The number of aromatic nitrogens is 1. The second-order valence-electron chi connectivity index (χ2n) is 4.65. The number of pyridine rings is 1. The monoisotopic (exact) mass is 268 g/mol. The van der Waals surface area contributed by atoms with Crippen molar-refractivity contribution in [2.45, 2.75) is 25.5 Å². The van der Waals surface area contributed by atoms with E-state index in [1.165, 1.54) is 6.07 Å². The molecule has 106 valence electrons. The van der Waals surface area contributed by atoms with Crippen molar-refractivity contribution in [1.29, 1.82) is 0 Å². The summed E-state index contributed by atoms with van der Waals surface area (Å²) in [5.41, 5.74) is -0.266. The van der Waals surface area contributed by atoms with Crippen LogP contribution in [0.1, 0.15) is 29.4 Å². The number of nitrogens with zero attached hydrogens (tertiary/aromatic N) is 1. The fourth-order valence-electron chi connectivity index (χ4n) is 1.63. The van der Waals surface area contributed by atoms with E-state index in [0.29, 0.717) is 31.8 Å². The van der Waals surface area contributed by atoms with E-state index in [4.69, 9.17) is 9.84 Å². The first-order chi connectivity index (χ1) is 8.96. The SMILES string of the molecule is COCCC(C)(O)CNCc1ncccc1C(=O)O.